The molecule has 2 aliphatic heterocycles. The summed E-state index contributed by atoms with van der Waals surface area (Å²) >= 11 is 0. The first-order valence-corrected chi connectivity index (χ1v) is 6.10. The van der Waals surface area contributed by atoms with Gasteiger partial charge in [-0.05, 0) is 44.7 Å². The molecule has 2 aliphatic rings. The molecule has 92 valence electrons. The summed E-state index contributed by atoms with van der Waals surface area (Å²) in [5.74, 6) is 0.428. The van der Waals surface area contributed by atoms with Crippen LogP contribution in [0.25, 0.3) is 0 Å². The number of piperidine rings is 1. The molecule has 1 unspecified atom stereocenters. The first-order chi connectivity index (χ1) is 7.86. The Hall–Kier alpha value is -0.650. The van der Waals surface area contributed by atoms with Crippen LogP contribution < -0.4 is 10.8 Å². The van der Waals surface area contributed by atoms with E-state index < -0.39 is 0 Å². The largest absolute Gasteiger partial charge is 0.368 e. The second-order valence-corrected chi connectivity index (χ2v) is 4.47. The highest BCUT2D eigenvalue weighted by atomic mass is 16.7. The topological polar surface area (TPSA) is 59.6 Å². The van der Waals surface area contributed by atoms with E-state index in [2.05, 4.69) is 10.8 Å². The van der Waals surface area contributed by atoms with E-state index in [1.807, 2.05) is 0 Å². The van der Waals surface area contributed by atoms with Gasteiger partial charge in [0.25, 0.3) is 5.91 Å². The first-order valence-electron chi connectivity index (χ1n) is 6.10. The van der Waals surface area contributed by atoms with Gasteiger partial charge in [0.2, 0.25) is 0 Å². The van der Waals surface area contributed by atoms with Crippen molar-refractivity contribution in [3.63, 3.8) is 0 Å². The minimum atomic E-state index is -0.298. The molecule has 5 nitrogen and oxygen atoms in total. The number of hydrogen-bond donors (Lipinski definition) is 2. The third-order valence-corrected chi connectivity index (χ3v) is 3.17. The number of amides is 1. The minimum Gasteiger partial charge on any atom is -0.368 e. The van der Waals surface area contributed by atoms with Crippen molar-refractivity contribution in [2.75, 3.05) is 26.3 Å². The van der Waals surface area contributed by atoms with Gasteiger partial charge in [-0.25, -0.2) is 5.48 Å². The molecule has 0 saturated carbocycles. The van der Waals surface area contributed by atoms with Crippen LogP contribution in [0.4, 0.5) is 0 Å². The summed E-state index contributed by atoms with van der Waals surface area (Å²) in [4.78, 5) is 16.8. The molecule has 5 heteroatoms. The fourth-order valence-electron chi connectivity index (χ4n) is 2.13. The molecule has 0 aliphatic carbocycles. The van der Waals surface area contributed by atoms with Crippen molar-refractivity contribution in [1.82, 2.24) is 10.8 Å². The summed E-state index contributed by atoms with van der Waals surface area (Å²) < 4.78 is 5.26. The molecular weight excluding hydrogens is 208 g/mol. The zero-order chi connectivity index (χ0) is 11.2. The van der Waals surface area contributed by atoms with Crippen LogP contribution in [0.2, 0.25) is 0 Å². The van der Waals surface area contributed by atoms with Crippen molar-refractivity contribution in [3.8, 4) is 0 Å². The summed E-state index contributed by atoms with van der Waals surface area (Å²) in [7, 11) is 0. The highest BCUT2D eigenvalue weighted by molar-refractivity contribution is 5.79. The number of ether oxygens (including phenoxy) is 1. The van der Waals surface area contributed by atoms with Gasteiger partial charge in [0.15, 0.2) is 0 Å². The quantitative estimate of drug-likeness (QED) is 0.675. The zero-order valence-electron chi connectivity index (χ0n) is 9.54. The fraction of sp³-hybridized carbons (Fsp3) is 0.909. The molecule has 2 fully saturated rings. The summed E-state index contributed by atoms with van der Waals surface area (Å²) in [6.45, 7) is 3.40. The molecule has 0 aromatic heterocycles. The summed E-state index contributed by atoms with van der Waals surface area (Å²) in [6.07, 6.45) is 3.72. The van der Waals surface area contributed by atoms with E-state index >= 15 is 0 Å². The Morgan fingerprint density at radius 1 is 1.38 bits per heavy atom. The number of hydrogen-bond acceptors (Lipinski definition) is 4. The van der Waals surface area contributed by atoms with Gasteiger partial charge in [0.1, 0.15) is 6.10 Å². The average Bonchev–Trinajstić information content (AvgIpc) is 2.84. The maximum atomic E-state index is 11.5. The number of carbonyl (C=O) groups is 1. The SMILES string of the molecule is O=C(NOCC1CCNCC1)C1CCCO1. The lowest BCUT2D eigenvalue weighted by Crippen LogP contribution is -2.37. The average molecular weight is 228 g/mol. The van der Waals surface area contributed by atoms with Crippen molar-refractivity contribution in [1.29, 1.82) is 0 Å². The lowest BCUT2D eigenvalue weighted by Gasteiger charge is -2.22. The van der Waals surface area contributed by atoms with Gasteiger partial charge in [-0.15, -0.1) is 0 Å². The van der Waals surface area contributed by atoms with E-state index in [9.17, 15) is 4.79 Å². The molecule has 2 saturated heterocycles. The molecule has 0 aromatic carbocycles. The molecule has 1 atom stereocenters. The molecule has 0 bridgehead atoms. The molecule has 2 N–H and O–H groups in total. The van der Waals surface area contributed by atoms with Crippen molar-refractivity contribution >= 4 is 5.91 Å². The van der Waals surface area contributed by atoms with Crippen LogP contribution >= 0.6 is 0 Å². The predicted octanol–water partition coefficient (Wildman–Crippen LogP) is 0.213. The third-order valence-electron chi connectivity index (χ3n) is 3.17. The lowest BCUT2D eigenvalue weighted by molar-refractivity contribution is -0.144. The van der Waals surface area contributed by atoms with Crippen molar-refractivity contribution < 1.29 is 14.4 Å². The number of nitrogens with one attached hydrogen (secondary N) is 2. The van der Waals surface area contributed by atoms with E-state index in [0.29, 0.717) is 19.1 Å². The Kier molecular flexibility index (Phi) is 4.56. The van der Waals surface area contributed by atoms with Crippen LogP contribution in [-0.4, -0.2) is 38.3 Å². The highest BCUT2D eigenvalue weighted by Gasteiger charge is 2.24. The maximum absolute atomic E-state index is 11.5. The van der Waals surface area contributed by atoms with Gasteiger partial charge >= 0.3 is 0 Å². The smallest absolute Gasteiger partial charge is 0.272 e. The van der Waals surface area contributed by atoms with Crippen LogP contribution in [0, 0.1) is 5.92 Å². The highest BCUT2D eigenvalue weighted by Crippen LogP contribution is 2.13. The molecule has 0 radical (unpaired) electrons. The third kappa shape index (κ3) is 3.43. The monoisotopic (exact) mass is 228 g/mol. The van der Waals surface area contributed by atoms with Gasteiger partial charge < -0.3 is 10.1 Å². The van der Waals surface area contributed by atoms with Gasteiger partial charge in [-0.3, -0.25) is 9.63 Å². The Bertz CT molecular complexity index is 223. The number of carbonyl (C=O) groups excluding carboxylic acids is 1. The lowest BCUT2D eigenvalue weighted by atomic mass is 10.00. The van der Waals surface area contributed by atoms with Crippen LogP contribution in [-0.2, 0) is 14.4 Å². The number of rotatable bonds is 4. The molecular formula is C11H20N2O3. The van der Waals surface area contributed by atoms with Crippen LogP contribution in [0.5, 0.6) is 0 Å². The zero-order valence-corrected chi connectivity index (χ0v) is 9.54. The Morgan fingerprint density at radius 2 is 2.19 bits per heavy atom. The molecule has 1 amide bonds. The molecule has 2 heterocycles. The second-order valence-electron chi connectivity index (χ2n) is 4.47. The first kappa shape index (κ1) is 11.8. The predicted molar refractivity (Wildman–Crippen MR) is 58.7 cm³/mol. The number of hydroxylamine groups is 1. The molecule has 0 aromatic rings. The van der Waals surface area contributed by atoms with Gasteiger partial charge in [0.05, 0.1) is 6.61 Å². The van der Waals surface area contributed by atoms with Gasteiger partial charge in [-0.2, -0.15) is 0 Å². The molecule has 16 heavy (non-hydrogen) atoms. The van der Waals surface area contributed by atoms with E-state index in [4.69, 9.17) is 9.57 Å². The minimum absolute atomic E-state index is 0.133. The van der Waals surface area contributed by atoms with Crippen LogP contribution in [0.15, 0.2) is 0 Å². The van der Waals surface area contributed by atoms with E-state index in [1.165, 1.54) is 0 Å². The van der Waals surface area contributed by atoms with Gasteiger partial charge in [-0.1, -0.05) is 0 Å². The molecule has 2 rings (SSSR count). The van der Waals surface area contributed by atoms with E-state index in [0.717, 1.165) is 38.8 Å². The Labute approximate surface area is 95.8 Å². The van der Waals surface area contributed by atoms with Crippen molar-refractivity contribution in [3.05, 3.63) is 0 Å². The Morgan fingerprint density at radius 3 is 2.88 bits per heavy atom. The summed E-state index contributed by atoms with van der Waals surface area (Å²) in [5, 5.41) is 3.30. The maximum Gasteiger partial charge on any atom is 0.272 e. The van der Waals surface area contributed by atoms with Gasteiger partial charge in [0, 0.05) is 6.61 Å². The van der Waals surface area contributed by atoms with Crippen LogP contribution in [0.3, 0.4) is 0 Å². The summed E-state index contributed by atoms with van der Waals surface area (Å²) in [5.41, 5.74) is 2.49. The summed E-state index contributed by atoms with van der Waals surface area (Å²) in [6, 6.07) is 0. The standard InChI is InChI=1S/C11H20N2O3/c14-11(10-2-1-7-15-10)13-16-8-9-3-5-12-6-4-9/h9-10,12H,1-8H2,(H,13,14). The fourth-order valence-corrected chi connectivity index (χ4v) is 2.13. The van der Waals surface area contributed by atoms with Crippen molar-refractivity contribution in [2.24, 2.45) is 5.92 Å². The van der Waals surface area contributed by atoms with Crippen LogP contribution in [0.1, 0.15) is 25.7 Å². The second kappa shape index (κ2) is 6.18. The van der Waals surface area contributed by atoms with Crippen molar-refractivity contribution in [2.45, 2.75) is 31.8 Å². The van der Waals surface area contributed by atoms with E-state index in [1.54, 1.807) is 0 Å². The Balaban J connectivity index is 1.57. The normalized spacial score (nSPS) is 26.9. The molecule has 0 spiro atoms. The van der Waals surface area contributed by atoms with E-state index in [-0.39, 0.29) is 12.0 Å².